The Labute approximate surface area is 128 Å². The number of nitrogens with zero attached hydrogens (tertiary/aromatic N) is 2. The van der Waals surface area contributed by atoms with Crippen molar-refractivity contribution in [3.05, 3.63) is 23.8 Å². The maximum Gasteiger partial charge on any atom is 0.335 e. The highest BCUT2D eigenvalue weighted by molar-refractivity contribution is 5.95. The van der Waals surface area contributed by atoms with Gasteiger partial charge in [0.15, 0.2) is 5.96 Å². The number of hydrogen-bond acceptors (Lipinski definition) is 3. The van der Waals surface area contributed by atoms with Crippen LogP contribution in [0.15, 0.2) is 28.2 Å². The molecule has 1 rings (SSSR count). The van der Waals surface area contributed by atoms with E-state index < -0.39 is 5.97 Å². The Morgan fingerprint density at radius 1 is 1.32 bits per heavy atom. The molecular weight excluding hydrogens is 286 g/mol. The van der Waals surface area contributed by atoms with Crippen molar-refractivity contribution in [1.29, 1.82) is 0 Å². The number of carbonyl (C=O) groups is 1. The van der Waals surface area contributed by atoms with E-state index in [1.807, 2.05) is 0 Å². The van der Waals surface area contributed by atoms with Crippen molar-refractivity contribution in [2.45, 2.75) is 20.3 Å². The molecule has 0 heterocycles. The van der Waals surface area contributed by atoms with Crippen molar-refractivity contribution in [2.75, 3.05) is 6.61 Å². The average molecular weight is 307 g/mol. The Morgan fingerprint density at radius 3 is 2.55 bits per heavy atom. The van der Waals surface area contributed by atoms with Crippen molar-refractivity contribution in [1.82, 2.24) is 0 Å². The highest BCUT2D eigenvalue weighted by Gasteiger charge is 2.10. The quantitative estimate of drug-likeness (QED) is 0.455. The first-order valence-electron chi connectivity index (χ1n) is 6.73. The van der Waals surface area contributed by atoms with Gasteiger partial charge in [-0.15, -0.1) is 0 Å². The molecule has 22 heavy (non-hydrogen) atoms. The number of nitrogens with two attached hydrogens (primary N) is 3. The molecule has 0 fully saturated rings. The summed E-state index contributed by atoms with van der Waals surface area (Å²) in [5.74, 6) is -0.601. The molecule has 0 unspecified atom stereocenters. The van der Waals surface area contributed by atoms with Gasteiger partial charge in [0.25, 0.3) is 0 Å². The molecule has 0 aliphatic heterocycles. The van der Waals surface area contributed by atoms with Gasteiger partial charge in [0, 0.05) is 0 Å². The van der Waals surface area contributed by atoms with Crippen LogP contribution in [0.5, 0.6) is 5.75 Å². The predicted octanol–water partition coefficient (Wildman–Crippen LogP) is 1.03. The first-order valence-corrected chi connectivity index (χ1v) is 6.73. The first kappa shape index (κ1) is 17.3. The second-order valence-electron chi connectivity index (χ2n) is 5.03. The predicted molar refractivity (Wildman–Crippen MR) is 85.4 cm³/mol. The van der Waals surface area contributed by atoms with E-state index >= 15 is 0 Å². The van der Waals surface area contributed by atoms with Crippen LogP contribution in [-0.2, 0) is 0 Å². The summed E-state index contributed by atoms with van der Waals surface area (Å²) in [5.41, 5.74) is 16.3. The Hall–Kier alpha value is -2.77. The molecule has 0 saturated carbocycles. The lowest BCUT2D eigenvalue weighted by molar-refractivity contribution is 0.0697. The minimum Gasteiger partial charge on any atom is -0.491 e. The zero-order valence-corrected chi connectivity index (χ0v) is 12.6. The number of hydrogen-bond donors (Lipinski definition) is 4. The van der Waals surface area contributed by atoms with Crippen LogP contribution in [0.25, 0.3) is 0 Å². The lowest BCUT2D eigenvalue weighted by Crippen LogP contribution is -2.26. The fourth-order valence-corrected chi connectivity index (χ4v) is 1.55. The number of ether oxygens (including phenoxy) is 1. The molecule has 8 nitrogen and oxygen atoms in total. The first-order chi connectivity index (χ1) is 10.3. The third-order valence-electron chi connectivity index (χ3n) is 2.64. The molecule has 0 bridgehead atoms. The maximum atomic E-state index is 11.0. The third-order valence-corrected chi connectivity index (χ3v) is 2.64. The maximum absolute atomic E-state index is 11.0. The van der Waals surface area contributed by atoms with Crippen LogP contribution in [0.4, 0.5) is 5.69 Å². The summed E-state index contributed by atoms with van der Waals surface area (Å²) in [6.07, 6.45) is 0.854. The normalized spacial score (nSPS) is 11.3. The van der Waals surface area contributed by atoms with E-state index in [2.05, 4.69) is 23.8 Å². The second kappa shape index (κ2) is 7.87. The second-order valence-corrected chi connectivity index (χ2v) is 5.03. The number of benzene rings is 1. The van der Waals surface area contributed by atoms with Gasteiger partial charge in [0.1, 0.15) is 11.4 Å². The van der Waals surface area contributed by atoms with Crippen molar-refractivity contribution in [3.8, 4) is 5.75 Å². The number of aliphatic imine (C=N–C) groups is 2. The lowest BCUT2D eigenvalue weighted by Gasteiger charge is -2.11. The van der Waals surface area contributed by atoms with Crippen LogP contribution in [0.2, 0.25) is 0 Å². The van der Waals surface area contributed by atoms with Gasteiger partial charge < -0.3 is 27.0 Å². The van der Waals surface area contributed by atoms with E-state index in [9.17, 15) is 4.79 Å². The standard InChI is InChI=1S/C14H21N5O3/c1-8(2)5-6-22-11-4-3-9(12(20)21)7-10(11)18-14(17)19-13(15)16/h3-4,7-8H,5-6H2,1-2H3,(H,20,21)(H6,15,16,17,18,19). The van der Waals surface area contributed by atoms with E-state index in [1.54, 1.807) is 0 Å². The van der Waals surface area contributed by atoms with Gasteiger partial charge in [0.05, 0.1) is 12.2 Å². The summed E-state index contributed by atoms with van der Waals surface area (Å²) >= 11 is 0. The molecule has 0 spiro atoms. The fraction of sp³-hybridized carbons (Fsp3) is 0.357. The van der Waals surface area contributed by atoms with Crippen LogP contribution in [0, 0.1) is 5.92 Å². The molecule has 0 aromatic heterocycles. The third kappa shape index (κ3) is 5.70. The Balaban J connectivity index is 3.10. The van der Waals surface area contributed by atoms with Gasteiger partial charge in [0.2, 0.25) is 5.96 Å². The minimum atomic E-state index is -1.08. The van der Waals surface area contributed by atoms with Crippen LogP contribution < -0.4 is 21.9 Å². The van der Waals surface area contributed by atoms with E-state index in [4.69, 9.17) is 27.0 Å². The van der Waals surface area contributed by atoms with E-state index in [0.717, 1.165) is 6.42 Å². The molecule has 0 saturated heterocycles. The molecule has 7 N–H and O–H groups in total. The van der Waals surface area contributed by atoms with E-state index in [-0.39, 0.29) is 23.2 Å². The van der Waals surface area contributed by atoms with Gasteiger partial charge in [-0.2, -0.15) is 4.99 Å². The van der Waals surface area contributed by atoms with Crippen LogP contribution in [-0.4, -0.2) is 29.6 Å². The van der Waals surface area contributed by atoms with Gasteiger partial charge >= 0.3 is 5.97 Å². The van der Waals surface area contributed by atoms with Crippen molar-refractivity contribution >= 4 is 23.6 Å². The molecule has 0 amide bonds. The largest absolute Gasteiger partial charge is 0.491 e. The van der Waals surface area contributed by atoms with Gasteiger partial charge in [-0.05, 0) is 30.5 Å². The van der Waals surface area contributed by atoms with Crippen molar-refractivity contribution < 1.29 is 14.6 Å². The zero-order valence-electron chi connectivity index (χ0n) is 12.6. The van der Waals surface area contributed by atoms with E-state index in [0.29, 0.717) is 18.3 Å². The highest BCUT2D eigenvalue weighted by Crippen LogP contribution is 2.29. The Bertz CT molecular complexity index is 592. The molecular formula is C14H21N5O3. The molecule has 120 valence electrons. The molecule has 1 aromatic carbocycles. The van der Waals surface area contributed by atoms with Crippen LogP contribution in [0.1, 0.15) is 30.6 Å². The number of aromatic carboxylic acids is 1. The monoisotopic (exact) mass is 307 g/mol. The Kier molecular flexibility index (Phi) is 6.18. The molecule has 0 atom stereocenters. The SMILES string of the molecule is CC(C)CCOc1ccc(C(=O)O)cc1N=C(N)N=C(N)N. The summed E-state index contributed by atoms with van der Waals surface area (Å²) in [5, 5.41) is 9.04. The molecule has 0 aliphatic rings. The topological polar surface area (TPSA) is 149 Å². The van der Waals surface area contributed by atoms with E-state index in [1.165, 1.54) is 18.2 Å². The molecule has 8 heteroatoms. The lowest BCUT2D eigenvalue weighted by atomic mass is 10.1. The number of carboxylic acid groups (broad SMARTS) is 1. The van der Waals surface area contributed by atoms with Crippen LogP contribution >= 0.6 is 0 Å². The number of rotatable bonds is 6. The molecule has 0 aliphatic carbocycles. The van der Waals surface area contributed by atoms with Crippen molar-refractivity contribution in [3.63, 3.8) is 0 Å². The average Bonchev–Trinajstić information content (AvgIpc) is 2.38. The van der Waals surface area contributed by atoms with Gasteiger partial charge in [-0.1, -0.05) is 13.8 Å². The highest BCUT2D eigenvalue weighted by atomic mass is 16.5. The number of carboxylic acids is 1. The van der Waals surface area contributed by atoms with Gasteiger partial charge in [-0.3, -0.25) is 0 Å². The fourth-order valence-electron chi connectivity index (χ4n) is 1.55. The zero-order chi connectivity index (χ0) is 16.7. The Morgan fingerprint density at radius 2 is 2.00 bits per heavy atom. The van der Waals surface area contributed by atoms with Crippen molar-refractivity contribution in [2.24, 2.45) is 33.1 Å². The molecule has 1 aromatic rings. The summed E-state index contributed by atoms with van der Waals surface area (Å²) in [7, 11) is 0. The molecule has 0 radical (unpaired) electrons. The number of guanidine groups is 2. The summed E-state index contributed by atoms with van der Waals surface area (Å²) < 4.78 is 5.62. The minimum absolute atomic E-state index is 0.0625. The van der Waals surface area contributed by atoms with Crippen LogP contribution in [0.3, 0.4) is 0 Å². The smallest absolute Gasteiger partial charge is 0.335 e. The van der Waals surface area contributed by atoms with Gasteiger partial charge in [-0.25, -0.2) is 9.79 Å². The summed E-state index contributed by atoms with van der Waals surface area (Å²) in [6, 6.07) is 4.32. The summed E-state index contributed by atoms with van der Waals surface area (Å²) in [6.45, 7) is 4.63. The summed E-state index contributed by atoms with van der Waals surface area (Å²) in [4.78, 5) is 18.6.